The van der Waals surface area contributed by atoms with E-state index in [1.807, 2.05) is 42.5 Å². The maximum absolute atomic E-state index is 13.3. The zero-order chi connectivity index (χ0) is 22.0. The van der Waals surface area contributed by atoms with E-state index >= 15 is 0 Å². The number of hydrogen-bond acceptors (Lipinski definition) is 5. The predicted octanol–water partition coefficient (Wildman–Crippen LogP) is 3.98. The minimum atomic E-state index is -3.70. The Bertz CT molecular complexity index is 1160. The fourth-order valence-corrected chi connectivity index (χ4v) is 5.50. The largest absolute Gasteiger partial charge is 0.492 e. The summed E-state index contributed by atoms with van der Waals surface area (Å²) < 4.78 is 39.6. The van der Waals surface area contributed by atoms with Gasteiger partial charge in [0.2, 0.25) is 10.0 Å². The van der Waals surface area contributed by atoms with Gasteiger partial charge in [-0.25, -0.2) is 8.42 Å². The van der Waals surface area contributed by atoms with E-state index in [1.165, 1.54) is 4.31 Å². The number of benzene rings is 2. The average molecular weight is 462 g/mol. The molecule has 1 aromatic heterocycles. The van der Waals surface area contributed by atoms with Gasteiger partial charge < -0.3 is 9.47 Å². The van der Waals surface area contributed by atoms with E-state index in [-0.39, 0.29) is 24.6 Å². The summed E-state index contributed by atoms with van der Waals surface area (Å²) in [5, 5.41) is 7.48. The van der Waals surface area contributed by atoms with Crippen LogP contribution in [0.25, 0.3) is 0 Å². The minimum Gasteiger partial charge on any atom is -0.492 e. The molecular formula is C22H24ClN3O4S. The number of fused-ring (bicyclic) bond motifs is 1. The van der Waals surface area contributed by atoms with E-state index in [2.05, 4.69) is 10.2 Å². The van der Waals surface area contributed by atoms with Crippen molar-refractivity contribution in [2.45, 2.75) is 38.5 Å². The Morgan fingerprint density at radius 3 is 2.55 bits per heavy atom. The highest BCUT2D eigenvalue weighted by molar-refractivity contribution is 7.89. The molecule has 0 saturated carbocycles. The highest BCUT2D eigenvalue weighted by Crippen LogP contribution is 2.29. The van der Waals surface area contributed by atoms with Gasteiger partial charge in [0.15, 0.2) is 0 Å². The molecule has 0 spiro atoms. The molecule has 1 aliphatic heterocycles. The first kappa shape index (κ1) is 21.8. The van der Waals surface area contributed by atoms with Gasteiger partial charge in [0.25, 0.3) is 0 Å². The van der Waals surface area contributed by atoms with Crippen LogP contribution >= 0.6 is 11.6 Å². The van der Waals surface area contributed by atoms with Crippen molar-refractivity contribution in [2.24, 2.45) is 0 Å². The molecular weight excluding hydrogens is 438 g/mol. The van der Waals surface area contributed by atoms with Crippen LogP contribution in [0.4, 0.5) is 0 Å². The number of aromatic nitrogens is 2. The Labute approximate surface area is 187 Å². The Morgan fingerprint density at radius 2 is 1.84 bits per heavy atom. The van der Waals surface area contributed by atoms with Crippen LogP contribution in [0.3, 0.4) is 0 Å². The maximum Gasteiger partial charge on any atom is 0.247 e. The number of aromatic amines is 1. The summed E-state index contributed by atoms with van der Waals surface area (Å²) in [7, 11) is -3.70. The van der Waals surface area contributed by atoms with Gasteiger partial charge in [-0.1, -0.05) is 29.8 Å². The molecule has 0 amide bonds. The van der Waals surface area contributed by atoms with E-state index in [9.17, 15) is 8.42 Å². The maximum atomic E-state index is 13.3. The molecule has 0 bridgehead atoms. The molecule has 164 valence electrons. The molecule has 2 aromatic carbocycles. The van der Waals surface area contributed by atoms with Crippen molar-refractivity contribution >= 4 is 21.6 Å². The summed E-state index contributed by atoms with van der Waals surface area (Å²) in [6.45, 7) is 5.05. The third-order valence-corrected chi connectivity index (χ3v) is 7.54. The fraction of sp³-hybridized carbons (Fsp3) is 0.318. The van der Waals surface area contributed by atoms with Gasteiger partial charge in [-0.3, -0.25) is 5.10 Å². The summed E-state index contributed by atoms with van der Waals surface area (Å²) in [6, 6.07) is 13.3. The quantitative estimate of drug-likeness (QED) is 0.600. The predicted molar refractivity (Wildman–Crippen MR) is 118 cm³/mol. The Morgan fingerprint density at radius 1 is 1.13 bits per heavy atom. The SMILES string of the molecule is Cc1n[nH]c(C)c1S(=O)(=O)N1CCOc2ccc(COCc3ccc(Cl)cc3)cc2C1. The van der Waals surface area contributed by atoms with Crippen LogP contribution in [-0.2, 0) is 34.5 Å². The van der Waals surface area contributed by atoms with Gasteiger partial charge in [0.05, 0.1) is 24.6 Å². The standard InChI is InChI=1S/C22H24ClN3O4S/c1-15-22(16(2)25-24-15)31(27,28)26-9-10-30-21-8-5-18(11-19(21)12-26)14-29-13-17-3-6-20(23)7-4-17/h3-8,11H,9-10,12-14H2,1-2H3,(H,24,25). The number of nitrogens with zero attached hydrogens (tertiary/aromatic N) is 2. The van der Waals surface area contributed by atoms with Gasteiger partial charge in [-0.2, -0.15) is 9.40 Å². The highest BCUT2D eigenvalue weighted by Gasteiger charge is 2.31. The highest BCUT2D eigenvalue weighted by atomic mass is 35.5. The summed E-state index contributed by atoms with van der Waals surface area (Å²) in [5.41, 5.74) is 3.80. The van der Waals surface area contributed by atoms with E-state index in [0.717, 1.165) is 16.7 Å². The smallest absolute Gasteiger partial charge is 0.247 e. The van der Waals surface area contributed by atoms with Gasteiger partial charge in [-0.05, 0) is 49.2 Å². The van der Waals surface area contributed by atoms with E-state index in [1.54, 1.807) is 13.8 Å². The topological polar surface area (TPSA) is 84.5 Å². The van der Waals surface area contributed by atoms with Crippen LogP contribution < -0.4 is 4.74 Å². The molecule has 1 N–H and O–H groups in total. The first-order valence-corrected chi connectivity index (χ1v) is 11.7. The molecule has 9 heteroatoms. The van der Waals surface area contributed by atoms with Crippen molar-refractivity contribution in [1.29, 1.82) is 0 Å². The molecule has 0 saturated heterocycles. The second-order valence-corrected chi connectivity index (χ2v) is 9.82. The number of sulfonamides is 1. The average Bonchev–Trinajstić information content (AvgIpc) is 2.95. The van der Waals surface area contributed by atoms with Gasteiger partial charge in [-0.15, -0.1) is 0 Å². The molecule has 0 aliphatic carbocycles. The monoisotopic (exact) mass is 461 g/mol. The first-order chi connectivity index (χ1) is 14.8. The molecule has 0 fully saturated rings. The molecule has 0 radical (unpaired) electrons. The zero-order valence-electron chi connectivity index (χ0n) is 17.4. The number of nitrogens with one attached hydrogen (secondary N) is 1. The lowest BCUT2D eigenvalue weighted by molar-refractivity contribution is 0.107. The molecule has 3 aromatic rings. The third kappa shape index (κ3) is 4.77. The van der Waals surface area contributed by atoms with Crippen molar-refractivity contribution < 1.29 is 17.9 Å². The van der Waals surface area contributed by atoms with Crippen molar-refractivity contribution in [3.63, 3.8) is 0 Å². The second-order valence-electron chi connectivity index (χ2n) is 7.51. The zero-order valence-corrected chi connectivity index (χ0v) is 19.0. The Hall–Kier alpha value is -2.39. The van der Waals surface area contributed by atoms with Crippen LogP contribution in [0.15, 0.2) is 47.4 Å². The number of rotatable bonds is 6. The van der Waals surface area contributed by atoms with Crippen molar-refractivity contribution in [2.75, 3.05) is 13.2 Å². The first-order valence-electron chi connectivity index (χ1n) is 9.93. The number of halogens is 1. The number of aryl methyl sites for hydroxylation is 2. The molecule has 2 heterocycles. The third-order valence-electron chi connectivity index (χ3n) is 5.18. The van der Waals surface area contributed by atoms with Crippen molar-refractivity contribution in [1.82, 2.24) is 14.5 Å². The minimum absolute atomic E-state index is 0.229. The number of hydrogen-bond donors (Lipinski definition) is 1. The van der Waals surface area contributed by atoms with E-state index in [4.69, 9.17) is 21.1 Å². The number of H-pyrrole nitrogens is 1. The normalized spacial score (nSPS) is 14.7. The summed E-state index contributed by atoms with van der Waals surface area (Å²) in [6.07, 6.45) is 0. The van der Waals surface area contributed by atoms with Gasteiger partial charge >= 0.3 is 0 Å². The molecule has 0 atom stereocenters. The van der Waals surface area contributed by atoms with Crippen LogP contribution in [0.1, 0.15) is 28.1 Å². The van der Waals surface area contributed by atoms with E-state index in [0.29, 0.717) is 35.4 Å². The van der Waals surface area contributed by atoms with Crippen LogP contribution in [-0.4, -0.2) is 36.1 Å². The summed E-state index contributed by atoms with van der Waals surface area (Å²) >= 11 is 5.91. The lowest BCUT2D eigenvalue weighted by atomic mass is 10.1. The molecule has 4 rings (SSSR count). The Balaban J connectivity index is 1.49. The fourth-order valence-electron chi connectivity index (χ4n) is 3.64. The van der Waals surface area contributed by atoms with Crippen molar-refractivity contribution in [3.05, 3.63) is 75.6 Å². The lowest BCUT2D eigenvalue weighted by Crippen LogP contribution is -2.33. The molecule has 31 heavy (non-hydrogen) atoms. The van der Waals surface area contributed by atoms with Crippen LogP contribution in [0, 0.1) is 13.8 Å². The van der Waals surface area contributed by atoms with Gasteiger partial charge in [0, 0.05) is 23.7 Å². The van der Waals surface area contributed by atoms with Crippen LogP contribution in [0.2, 0.25) is 5.02 Å². The summed E-state index contributed by atoms with van der Waals surface area (Å²) in [5.74, 6) is 0.694. The van der Waals surface area contributed by atoms with Crippen molar-refractivity contribution in [3.8, 4) is 5.75 Å². The lowest BCUT2D eigenvalue weighted by Gasteiger charge is -2.20. The molecule has 7 nitrogen and oxygen atoms in total. The van der Waals surface area contributed by atoms with Gasteiger partial charge in [0.1, 0.15) is 17.3 Å². The summed E-state index contributed by atoms with van der Waals surface area (Å²) in [4.78, 5) is 0.235. The van der Waals surface area contributed by atoms with E-state index < -0.39 is 10.0 Å². The van der Waals surface area contributed by atoms with Crippen LogP contribution in [0.5, 0.6) is 5.75 Å². The number of ether oxygens (including phenoxy) is 2. The molecule has 0 unspecified atom stereocenters. The molecule has 1 aliphatic rings. The second kappa shape index (κ2) is 9.00. The Kier molecular flexibility index (Phi) is 6.34.